The van der Waals surface area contributed by atoms with Crippen LogP contribution in [0, 0.1) is 0 Å². The van der Waals surface area contributed by atoms with E-state index in [0.29, 0.717) is 33.0 Å². The molecule has 4 rings (SSSR count). The van der Waals surface area contributed by atoms with E-state index in [0.717, 1.165) is 16.7 Å². The molecule has 0 radical (unpaired) electrons. The highest BCUT2D eigenvalue weighted by atomic mass is 16.6. The minimum Gasteiger partial charge on any atom is -0.374 e. The van der Waals surface area contributed by atoms with Gasteiger partial charge in [-0.05, 0) is 23.7 Å². The van der Waals surface area contributed by atoms with Gasteiger partial charge in [0.2, 0.25) is 0 Å². The van der Waals surface area contributed by atoms with Crippen molar-refractivity contribution in [1.29, 1.82) is 0 Å². The minimum atomic E-state index is -0.268. The van der Waals surface area contributed by atoms with Gasteiger partial charge in [0.15, 0.2) is 0 Å². The van der Waals surface area contributed by atoms with Crippen molar-refractivity contribution in [2.75, 3.05) is 20.3 Å². The van der Waals surface area contributed by atoms with Crippen LogP contribution in [0.4, 0.5) is 0 Å². The first-order valence-electron chi connectivity index (χ1n) is 11.5. The molecule has 0 amide bonds. The van der Waals surface area contributed by atoms with Gasteiger partial charge >= 0.3 is 0 Å². The fraction of sp³-hybridized carbons (Fsp3) is 0.357. The number of nitrogens with one attached hydrogen (secondary N) is 1. The molecule has 1 fully saturated rings. The van der Waals surface area contributed by atoms with E-state index >= 15 is 0 Å². The van der Waals surface area contributed by atoms with E-state index in [1.165, 1.54) is 0 Å². The molecule has 3 aromatic rings. The molecule has 3 aromatic carbocycles. The summed E-state index contributed by atoms with van der Waals surface area (Å²) in [4.78, 5) is 0. The Labute approximate surface area is 196 Å². The predicted molar refractivity (Wildman–Crippen MR) is 129 cm³/mol. The molecule has 1 aliphatic heterocycles. The Kier molecular flexibility index (Phi) is 9.04. The molecule has 5 heteroatoms. The third-order valence-corrected chi connectivity index (χ3v) is 5.91. The fourth-order valence-corrected chi connectivity index (χ4v) is 4.06. The first kappa shape index (κ1) is 23.6. The maximum Gasteiger partial charge on any atom is 0.114 e. The van der Waals surface area contributed by atoms with Gasteiger partial charge in [-0.3, -0.25) is 0 Å². The summed E-state index contributed by atoms with van der Waals surface area (Å²) in [7, 11) is 1.94. The van der Waals surface area contributed by atoms with Crippen LogP contribution in [-0.2, 0) is 38.8 Å². The summed E-state index contributed by atoms with van der Waals surface area (Å²) in [5, 5.41) is 3.35. The number of rotatable bonds is 11. The van der Waals surface area contributed by atoms with Gasteiger partial charge in [0.25, 0.3) is 0 Å². The summed E-state index contributed by atoms with van der Waals surface area (Å²) in [6.07, 6.45) is -0.656. The highest BCUT2D eigenvalue weighted by Crippen LogP contribution is 2.24. The molecule has 0 aliphatic carbocycles. The largest absolute Gasteiger partial charge is 0.374 e. The monoisotopic (exact) mass is 447 g/mol. The van der Waals surface area contributed by atoms with Crippen molar-refractivity contribution in [3.8, 4) is 0 Å². The average Bonchev–Trinajstić information content (AvgIpc) is 2.88. The van der Waals surface area contributed by atoms with Gasteiger partial charge in [-0.1, -0.05) is 91.0 Å². The van der Waals surface area contributed by atoms with Crippen molar-refractivity contribution >= 4 is 0 Å². The Morgan fingerprint density at radius 2 is 1.18 bits per heavy atom. The Morgan fingerprint density at radius 1 is 0.697 bits per heavy atom. The van der Waals surface area contributed by atoms with Gasteiger partial charge < -0.3 is 24.3 Å². The third kappa shape index (κ3) is 6.97. The average molecular weight is 448 g/mol. The molecule has 0 bridgehead atoms. The lowest BCUT2D eigenvalue weighted by molar-refractivity contribution is -0.208. The van der Waals surface area contributed by atoms with E-state index in [1.54, 1.807) is 0 Å². The number of benzene rings is 3. The van der Waals surface area contributed by atoms with Crippen molar-refractivity contribution in [3.63, 3.8) is 0 Å². The highest BCUT2D eigenvalue weighted by Gasteiger charge is 2.41. The van der Waals surface area contributed by atoms with Crippen LogP contribution in [0.15, 0.2) is 91.0 Å². The maximum absolute atomic E-state index is 6.45. The molecule has 1 N–H and O–H groups in total. The van der Waals surface area contributed by atoms with Crippen molar-refractivity contribution in [3.05, 3.63) is 108 Å². The molecule has 0 unspecified atom stereocenters. The standard InChI is InChI=1S/C28H33NO4/c1-29-25-20-31-26(21-30-17-22-11-5-2-6-12-22)28(33-19-24-15-9-4-10-16-24)27(25)32-18-23-13-7-3-8-14-23/h2-16,25-29H,17-21H2,1H3/t25-,26-,27-,28+/m1/s1. The van der Waals surface area contributed by atoms with Crippen molar-refractivity contribution in [1.82, 2.24) is 5.32 Å². The zero-order chi connectivity index (χ0) is 22.7. The van der Waals surface area contributed by atoms with Gasteiger partial charge in [-0.2, -0.15) is 0 Å². The van der Waals surface area contributed by atoms with Crippen LogP contribution in [0.3, 0.4) is 0 Å². The lowest BCUT2D eigenvalue weighted by atomic mass is 9.97. The summed E-state index contributed by atoms with van der Waals surface area (Å²) in [5.74, 6) is 0. The molecule has 1 heterocycles. The second-order valence-electron chi connectivity index (χ2n) is 8.29. The van der Waals surface area contributed by atoms with Crippen LogP contribution in [0.2, 0.25) is 0 Å². The molecular formula is C28H33NO4. The molecule has 0 aromatic heterocycles. The molecule has 0 saturated carbocycles. The Bertz CT molecular complexity index is 922. The van der Waals surface area contributed by atoms with Gasteiger partial charge in [0.05, 0.1) is 39.1 Å². The lowest BCUT2D eigenvalue weighted by Gasteiger charge is -2.42. The number of ether oxygens (including phenoxy) is 4. The van der Waals surface area contributed by atoms with E-state index in [2.05, 4.69) is 41.7 Å². The number of hydrogen-bond acceptors (Lipinski definition) is 5. The van der Waals surface area contributed by atoms with E-state index in [9.17, 15) is 0 Å². The molecule has 4 atom stereocenters. The van der Waals surface area contributed by atoms with Gasteiger partial charge in [0, 0.05) is 0 Å². The summed E-state index contributed by atoms with van der Waals surface area (Å²) in [6.45, 7) is 2.53. The van der Waals surface area contributed by atoms with Crippen molar-refractivity contribution in [2.45, 2.75) is 44.2 Å². The Balaban J connectivity index is 1.45. The normalized spacial score (nSPS) is 22.8. The van der Waals surface area contributed by atoms with E-state index in [4.69, 9.17) is 18.9 Å². The summed E-state index contributed by atoms with van der Waals surface area (Å²) in [6, 6.07) is 30.6. The van der Waals surface area contributed by atoms with E-state index in [1.807, 2.05) is 61.6 Å². The second-order valence-corrected chi connectivity index (χ2v) is 8.29. The Morgan fingerprint density at radius 3 is 1.70 bits per heavy atom. The molecular weight excluding hydrogens is 414 g/mol. The number of hydrogen-bond donors (Lipinski definition) is 1. The van der Waals surface area contributed by atoms with Crippen molar-refractivity contribution < 1.29 is 18.9 Å². The first-order valence-corrected chi connectivity index (χ1v) is 11.5. The quantitative estimate of drug-likeness (QED) is 0.473. The molecule has 1 saturated heterocycles. The molecule has 33 heavy (non-hydrogen) atoms. The van der Waals surface area contributed by atoms with E-state index in [-0.39, 0.29) is 24.4 Å². The van der Waals surface area contributed by atoms with Crippen LogP contribution in [-0.4, -0.2) is 44.6 Å². The maximum atomic E-state index is 6.45. The summed E-state index contributed by atoms with van der Waals surface area (Å²) >= 11 is 0. The van der Waals surface area contributed by atoms with Crippen molar-refractivity contribution in [2.24, 2.45) is 0 Å². The van der Waals surface area contributed by atoms with Crippen LogP contribution in [0.5, 0.6) is 0 Å². The summed E-state index contributed by atoms with van der Waals surface area (Å²) < 4.78 is 25.1. The van der Waals surface area contributed by atoms with Crippen LogP contribution < -0.4 is 5.32 Å². The van der Waals surface area contributed by atoms with Crippen LogP contribution in [0.25, 0.3) is 0 Å². The molecule has 174 valence electrons. The third-order valence-electron chi connectivity index (χ3n) is 5.91. The zero-order valence-corrected chi connectivity index (χ0v) is 19.1. The molecule has 1 aliphatic rings. The fourth-order valence-electron chi connectivity index (χ4n) is 4.06. The minimum absolute atomic E-state index is 0.0276. The van der Waals surface area contributed by atoms with Crippen LogP contribution >= 0.6 is 0 Å². The topological polar surface area (TPSA) is 49.0 Å². The predicted octanol–water partition coefficient (Wildman–Crippen LogP) is 4.36. The first-order chi connectivity index (χ1) is 16.3. The van der Waals surface area contributed by atoms with Gasteiger partial charge in [0.1, 0.15) is 18.3 Å². The highest BCUT2D eigenvalue weighted by molar-refractivity contribution is 5.15. The van der Waals surface area contributed by atoms with Gasteiger partial charge in [-0.15, -0.1) is 0 Å². The van der Waals surface area contributed by atoms with E-state index < -0.39 is 0 Å². The lowest BCUT2D eigenvalue weighted by Crippen LogP contribution is -2.60. The Hall–Kier alpha value is -2.54. The summed E-state index contributed by atoms with van der Waals surface area (Å²) in [5.41, 5.74) is 3.40. The number of likely N-dealkylation sites (N-methyl/N-ethyl adjacent to an activating group) is 1. The van der Waals surface area contributed by atoms with Gasteiger partial charge in [-0.25, -0.2) is 0 Å². The molecule has 5 nitrogen and oxygen atoms in total. The zero-order valence-electron chi connectivity index (χ0n) is 19.1. The second kappa shape index (κ2) is 12.6. The smallest absolute Gasteiger partial charge is 0.114 e. The molecule has 0 spiro atoms. The SMILES string of the molecule is CN[C@@H]1CO[C@H](COCc2ccccc2)[C@H](OCc2ccccc2)[C@@H]1OCc1ccccc1. The van der Waals surface area contributed by atoms with Crippen LogP contribution in [0.1, 0.15) is 16.7 Å².